The summed E-state index contributed by atoms with van der Waals surface area (Å²) in [7, 11) is 0. The molecular formula is C28H33N5O5. The van der Waals surface area contributed by atoms with Crippen molar-refractivity contribution < 1.29 is 24.2 Å². The van der Waals surface area contributed by atoms with Gasteiger partial charge in [-0.2, -0.15) is 0 Å². The molecule has 2 aliphatic rings. The van der Waals surface area contributed by atoms with Crippen LogP contribution in [0.3, 0.4) is 0 Å². The number of hydrazine groups is 1. The smallest absolute Gasteiger partial charge is 0.334 e. The maximum atomic E-state index is 13.7. The van der Waals surface area contributed by atoms with Crippen LogP contribution in [0.15, 0.2) is 54.6 Å². The summed E-state index contributed by atoms with van der Waals surface area (Å²) in [4.78, 5) is 43.8. The number of nitrogens with zero attached hydrogens (tertiary/aromatic N) is 4. The average molecular weight is 520 g/mol. The summed E-state index contributed by atoms with van der Waals surface area (Å²) < 4.78 is 5.42. The molecule has 0 radical (unpaired) electrons. The number of rotatable bonds is 9. The topological polar surface area (TPSA) is 106 Å². The Morgan fingerprint density at radius 1 is 1.13 bits per heavy atom. The third kappa shape index (κ3) is 6.07. The minimum absolute atomic E-state index is 0.0175. The van der Waals surface area contributed by atoms with Crippen molar-refractivity contribution in [1.82, 2.24) is 25.1 Å². The molecule has 2 heterocycles. The molecule has 2 N–H and O–H groups in total. The number of urea groups is 1. The molecule has 4 rings (SSSR count). The first-order valence-corrected chi connectivity index (χ1v) is 12.7. The summed E-state index contributed by atoms with van der Waals surface area (Å²) in [6.07, 6.45) is 4.82. The van der Waals surface area contributed by atoms with E-state index in [1.54, 1.807) is 44.1 Å². The predicted octanol–water partition coefficient (Wildman–Crippen LogP) is 1.41. The molecule has 4 amide bonds. The van der Waals surface area contributed by atoms with E-state index in [4.69, 9.17) is 11.2 Å². The summed E-state index contributed by atoms with van der Waals surface area (Å²) in [6.45, 7) is 3.42. The van der Waals surface area contributed by atoms with Crippen LogP contribution in [0.4, 0.5) is 4.79 Å². The van der Waals surface area contributed by atoms with Crippen molar-refractivity contribution in [3.8, 4) is 18.1 Å². The Balaban J connectivity index is 1.62. The molecule has 2 aliphatic heterocycles. The van der Waals surface area contributed by atoms with Crippen LogP contribution >= 0.6 is 0 Å². The molecule has 200 valence electrons. The van der Waals surface area contributed by atoms with E-state index in [0.29, 0.717) is 13.1 Å². The first-order chi connectivity index (χ1) is 18.4. The van der Waals surface area contributed by atoms with Gasteiger partial charge in [-0.15, -0.1) is 6.42 Å². The average Bonchev–Trinajstić information content (AvgIpc) is 2.93. The van der Waals surface area contributed by atoms with Crippen LogP contribution < -0.4 is 5.32 Å². The lowest BCUT2D eigenvalue weighted by Crippen LogP contribution is -2.76. The van der Waals surface area contributed by atoms with Crippen LogP contribution in [0.5, 0.6) is 5.75 Å². The van der Waals surface area contributed by atoms with Gasteiger partial charge in [-0.3, -0.25) is 9.59 Å². The number of benzene rings is 2. The molecule has 38 heavy (non-hydrogen) atoms. The second-order valence-corrected chi connectivity index (χ2v) is 9.18. The van der Waals surface area contributed by atoms with Crippen molar-refractivity contribution in [2.45, 2.75) is 32.1 Å². The van der Waals surface area contributed by atoms with Gasteiger partial charge in [0.15, 0.2) is 0 Å². The highest BCUT2D eigenvalue weighted by molar-refractivity contribution is 5.91. The van der Waals surface area contributed by atoms with Crippen LogP contribution in [0, 0.1) is 12.3 Å². The zero-order chi connectivity index (χ0) is 27.1. The van der Waals surface area contributed by atoms with Gasteiger partial charge < -0.3 is 25.0 Å². The summed E-state index contributed by atoms with van der Waals surface area (Å²) in [5, 5.41) is 15.9. The highest BCUT2D eigenvalue weighted by Gasteiger charge is 2.51. The molecule has 10 heteroatoms. The fourth-order valence-corrected chi connectivity index (χ4v) is 4.88. The van der Waals surface area contributed by atoms with Crippen LogP contribution in [-0.2, 0) is 27.3 Å². The van der Waals surface area contributed by atoms with E-state index in [-0.39, 0.29) is 62.9 Å². The van der Waals surface area contributed by atoms with Gasteiger partial charge in [0.1, 0.15) is 24.6 Å². The zero-order valence-corrected chi connectivity index (χ0v) is 21.5. The molecule has 2 fully saturated rings. The van der Waals surface area contributed by atoms with E-state index in [0.717, 1.165) is 11.1 Å². The highest BCUT2D eigenvalue weighted by atomic mass is 16.5. The monoisotopic (exact) mass is 519 g/mol. The molecule has 0 bridgehead atoms. The Kier molecular flexibility index (Phi) is 8.84. The minimum atomic E-state index is -0.818. The lowest BCUT2D eigenvalue weighted by molar-refractivity contribution is -0.190. The van der Waals surface area contributed by atoms with E-state index in [2.05, 4.69) is 11.2 Å². The second-order valence-electron chi connectivity index (χ2n) is 9.18. The number of amides is 4. The number of carbonyl (C=O) groups is 3. The molecular weight excluding hydrogens is 486 g/mol. The normalized spacial score (nSPS) is 19.7. The standard InChI is InChI=1S/C28H33N5O5/c1-3-15-38-16-14-30-19-25-32(24(27(30)36)17-21-10-12-23(34)13-11-21)26(35)20-31(4-2)33(25)28(37)29-18-22-8-6-5-7-9-22/h1,5-13,24-25,34H,4,14-20H2,2H3,(H,29,37)/t24-,25-/m0/s1. The van der Waals surface area contributed by atoms with Crippen LogP contribution in [-0.4, -0.2) is 94.4 Å². The molecule has 0 aromatic heterocycles. The number of carbonyl (C=O) groups excluding carboxylic acids is 3. The Labute approximate surface area is 222 Å². The summed E-state index contributed by atoms with van der Waals surface area (Å²) in [5.74, 6) is 2.08. The number of hydrogen-bond acceptors (Lipinski definition) is 6. The predicted molar refractivity (Wildman–Crippen MR) is 140 cm³/mol. The quantitative estimate of drug-likeness (QED) is 0.384. The summed E-state index contributed by atoms with van der Waals surface area (Å²) in [5.41, 5.74) is 1.74. The van der Waals surface area contributed by atoms with Gasteiger partial charge in [-0.05, 0) is 23.3 Å². The van der Waals surface area contributed by atoms with Gasteiger partial charge in [0.05, 0.1) is 19.7 Å². The number of hydrogen-bond donors (Lipinski definition) is 2. The van der Waals surface area contributed by atoms with E-state index >= 15 is 0 Å². The van der Waals surface area contributed by atoms with Crippen LogP contribution in [0.2, 0.25) is 0 Å². The maximum absolute atomic E-state index is 13.7. The third-order valence-electron chi connectivity index (χ3n) is 6.75. The van der Waals surface area contributed by atoms with Crippen molar-refractivity contribution in [3.63, 3.8) is 0 Å². The Bertz CT molecular complexity index is 1170. The van der Waals surface area contributed by atoms with Gasteiger partial charge in [-0.25, -0.2) is 14.8 Å². The Morgan fingerprint density at radius 3 is 2.55 bits per heavy atom. The van der Waals surface area contributed by atoms with Crippen molar-refractivity contribution in [2.75, 3.05) is 39.4 Å². The first kappa shape index (κ1) is 27.0. The third-order valence-corrected chi connectivity index (χ3v) is 6.75. The summed E-state index contributed by atoms with van der Waals surface area (Å²) >= 11 is 0. The number of phenols is 1. The van der Waals surface area contributed by atoms with Crippen molar-refractivity contribution in [1.29, 1.82) is 0 Å². The fraction of sp³-hybridized carbons (Fsp3) is 0.393. The van der Waals surface area contributed by atoms with E-state index in [1.807, 2.05) is 37.3 Å². The van der Waals surface area contributed by atoms with Gasteiger partial charge in [0, 0.05) is 26.1 Å². The molecule has 2 aromatic carbocycles. The van der Waals surface area contributed by atoms with Gasteiger partial charge in [0.2, 0.25) is 11.8 Å². The van der Waals surface area contributed by atoms with E-state index < -0.39 is 12.2 Å². The lowest BCUT2D eigenvalue weighted by Gasteiger charge is -2.55. The number of nitrogens with one attached hydrogen (secondary N) is 1. The van der Waals surface area contributed by atoms with E-state index in [1.165, 1.54) is 0 Å². The number of ether oxygens (including phenoxy) is 1. The molecule has 0 saturated carbocycles. The molecule has 10 nitrogen and oxygen atoms in total. The Morgan fingerprint density at radius 2 is 1.87 bits per heavy atom. The number of phenolic OH excluding ortho intramolecular Hbond substituents is 1. The van der Waals surface area contributed by atoms with Gasteiger partial charge in [0.25, 0.3) is 0 Å². The highest BCUT2D eigenvalue weighted by Crippen LogP contribution is 2.28. The molecule has 0 unspecified atom stereocenters. The number of terminal acetylenes is 1. The van der Waals surface area contributed by atoms with Gasteiger partial charge >= 0.3 is 6.03 Å². The van der Waals surface area contributed by atoms with Crippen molar-refractivity contribution in [3.05, 3.63) is 65.7 Å². The zero-order valence-electron chi connectivity index (χ0n) is 21.5. The largest absolute Gasteiger partial charge is 0.508 e. The first-order valence-electron chi connectivity index (χ1n) is 12.7. The van der Waals surface area contributed by atoms with Gasteiger partial charge in [-0.1, -0.05) is 55.3 Å². The second kappa shape index (κ2) is 12.4. The lowest BCUT2D eigenvalue weighted by atomic mass is 9.98. The fourth-order valence-electron chi connectivity index (χ4n) is 4.88. The van der Waals surface area contributed by atoms with Crippen molar-refractivity contribution in [2.24, 2.45) is 0 Å². The molecule has 0 spiro atoms. The number of likely N-dealkylation sites (N-methyl/N-ethyl adjacent to an activating group) is 1. The number of aromatic hydroxyl groups is 1. The molecule has 2 atom stereocenters. The molecule has 0 aliphatic carbocycles. The number of fused-ring (bicyclic) bond motifs is 1. The molecule has 2 aromatic rings. The molecule has 2 saturated heterocycles. The Hall–Kier alpha value is -4.07. The number of piperazine rings is 1. The van der Waals surface area contributed by atoms with Crippen LogP contribution in [0.1, 0.15) is 18.1 Å². The van der Waals surface area contributed by atoms with Crippen molar-refractivity contribution >= 4 is 17.8 Å². The van der Waals surface area contributed by atoms with Crippen LogP contribution in [0.25, 0.3) is 0 Å². The SMILES string of the molecule is C#CCOCCN1C[C@H]2N(C(=O)CN(CC)N2C(=O)NCc2ccccc2)[C@@H](Cc2ccc(O)cc2)C1=O. The van der Waals surface area contributed by atoms with E-state index in [9.17, 15) is 19.5 Å². The maximum Gasteiger partial charge on any atom is 0.334 e. The summed E-state index contributed by atoms with van der Waals surface area (Å²) in [6, 6.07) is 15.0. The minimum Gasteiger partial charge on any atom is -0.508 e.